The van der Waals surface area contributed by atoms with Gasteiger partial charge >= 0.3 is 12.0 Å². The number of thiazole rings is 1. The van der Waals surface area contributed by atoms with E-state index in [4.69, 9.17) is 14.6 Å². The monoisotopic (exact) mass is 533 g/mol. The molecule has 4 rings (SSSR count). The lowest BCUT2D eigenvalue weighted by Gasteiger charge is -2.42. The van der Waals surface area contributed by atoms with Gasteiger partial charge in [0.1, 0.15) is 11.5 Å². The number of ether oxygens (including phenoxy) is 2. The highest BCUT2D eigenvalue weighted by Crippen LogP contribution is 2.34. The highest BCUT2D eigenvalue weighted by molar-refractivity contribution is 8.01. The lowest BCUT2D eigenvalue weighted by atomic mass is 9.84. The van der Waals surface area contributed by atoms with Gasteiger partial charge in [-0.05, 0) is 68.7 Å². The minimum Gasteiger partial charge on any atom is -0.497 e. The van der Waals surface area contributed by atoms with Crippen molar-refractivity contribution in [2.45, 2.75) is 74.1 Å². The molecule has 0 saturated heterocycles. The van der Waals surface area contributed by atoms with Gasteiger partial charge in [-0.3, -0.25) is 10.1 Å². The summed E-state index contributed by atoms with van der Waals surface area (Å²) in [6.45, 7) is 0.685. The van der Waals surface area contributed by atoms with Gasteiger partial charge in [-0.1, -0.05) is 30.6 Å². The van der Waals surface area contributed by atoms with Gasteiger partial charge in [0.05, 0.1) is 29.9 Å². The Morgan fingerprint density at radius 3 is 2.39 bits per heavy atom. The van der Waals surface area contributed by atoms with Crippen molar-refractivity contribution in [1.29, 1.82) is 0 Å². The van der Waals surface area contributed by atoms with E-state index in [0.29, 0.717) is 17.7 Å². The number of rotatable bonds is 10. The Morgan fingerprint density at radius 2 is 1.72 bits per heavy atom. The van der Waals surface area contributed by atoms with Crippen LogP contribution in [0.3, 0.4) is 0 Å². The number of benzene rings is 1. The summed E-state index contributed by atoms with van der Waals surface area (Å²) in [6, 6.07) is 8.08. The molecule has 0 bridgehead atoms. The van der Waals surface area contributed by atoms with Crippen molar-refractivity contribution in [2.24, 2.45) is 5.92 Å². The van der Waals surface area contributed by atoms with E-state index in [1.807, 2.05) is 24.3 Å². The Morgan fingerprint density at radius 1 is 1.06 bits per heavy atom. The Bertz CT molecular complexity index is 986. The number of hydrogen-bond donors (Lipinski definition) is 2. The van der Waals surface area contributed by atoms with E-state index in [1.54, 1.807) is 13.3 Å². The molecule has 1 aromatic heterocycles. The van der Waals surface area contributed by atoms with Crippen molar-refractivity contribution in [3.63, 3.8) is 0 Å². The van der Waals surface area contributed by atoms with Crippen LogP contribution in [0.25, 0.3) is 0 Å². The van der Waals surface area contributed by atoms with Crippen LogP contribution >= 0.6 is 23.1 Å². The first-order chi connectivity index (χ1) is 17.5. The molecule has 2 aromatic rings. The second kappa shape index (κ2) is 13.2. The number of methoxy groups -OCH3 is 1. The molecular weight excluding hydrogens is 498 g/mol. The molecule has 0 spiro atoms. The number of thioether (sulfide) groups is 1. The smallest absolute Gasteiger partial charge is 0.324 e. The number of carbonyl (C=O) groups excluding carboxylic acids is 1. The van der Waals surface area contributed by atoms with Gasteiger partial charge in [0.2, 0.25) is 0 Å². The highest BCUT2D eigenvalue weighted by Gasteiger charge is 2.34. The molecule has 0 aliphatic heterocycles. The highest BCUT2D eigenvalue weighted by atomic mass is 32.2. The number of aliphatic carboxylic acids is 1. The summed E-state index contributed by atoms with van der Waals surface area (Å²) < 4.78 is 12.0. The van der Waals surface area contributed by atoms with Gasteiger partial charge in [0.25, 0.3) is 0 Å². The number of urea groups is 1. The number of nitrogens with one attached hydrogen (secondary N) is 1. The molecule has 2 saturated carbocycles. The number of amides is 2. The molecule has 0 atom stereocenters. The maximum Gasteiger partial charge on any atom is 0.324 e. The predicted octanol–water partition coefficient (Wildman–Crippen LogP) is 6.13. The summed E-state index contributed by atoms with van der Waals surface area (Å²) in [6.07, 6.45) is 11.3. The maximum absolute atomic E-state index is 13.5. The minimum atomic E-state index is -0.868. The zero-order valence-corrected chi connectivity index (χ0v) is 22.3. The molecule has 2 aliphatic rings. The average Bonchev–Trinajstić information content (AvgIpc) is 3.35. The summed E-state index contributed by atoms with van der Waals surface area (Å²) in [5.41, 5.74) is 0. The van der Waals surface area contributed by atoms with Crippen LogP contribution in [0.2, 0.25) is 0 Å². The summed E-state index contributed by atoms with van der Waals surface area (Å²) in [5, 5.41) is 12.4. The summed E-state index contributed by atoms with van der Waals surface area (Å²) in [4.78, 5) is 30.7. The van der Waals surface area contributed by atoms with Crippen molar-refractivity contribution >= 4 is 40.2 Å². The average molecular weight is 534 g/mol. The van der Waals surface area contributed by atoms with E-state index in [9.17, 15) is 9.59 Å². The second-order valence-corrected chi connectivity index (χ2v) is 11.8. The lowest BCUT2D eigenvalue weighted by molar-refractivity contribution is -0.133. The third kappa shape index (κ3) is 7.52. The van der Waals surface area contributed by atoms with Crippen molar-refractivity contribution < 1.29 is 24.2 Å². The number of aromatic nitrogens is 1. The van der Waals surface area contributed by atoms with E-state index in [1.165, 1.54) is 29.5 Å². The molecule has 2 fully saturated rings. The molecule has 0 unspecified atom stereocenters. The first-order valence-electron chi connectivity index (χ1n) is 12.7. The first kappa shape index (κ1) is 26.6. The zero-order valence-electron chi connectivity index (χ0n) is 20.7. The fourth-order valence-electron chi connectivity index (χ4n) is 5.14. The molecule has 2 amide bonds. The molecule has 1 aromatic carbocycles. The van der Waals surface area contributed by atoms with E-state index in [-0.39, 0.29) is 23.9 Å². The van der Waals surface area contributed by atoms with Gasteiger partial charge in [-0.25, -0.2) is 9.78 Å². The van der Waals surface area contributed by atoms with Crippen molar-refractivity contribution in [3.8, 4) is 11.5 Å². The van der Waals surface area contributed by atoms with Crippen molar-refractivity contribution in [2.75, 3.05) is 24.8 Å². The Kier molecular flexibility index (Phi) is 9.75. The molecule has 0 radical (unpaired) electrons. The summed E-state index contributed by atoms with van der Waals surface area (Å²) in [7, 11) is 1.65. The topological polar surface area (TPSA) is 101 Å². The number of nitrogens with zero attached hydrogens (tertiary/aromatic N) is 2. The van der Waals surface area contributed by atoms with Crippen LogP contribution in [0, 0.1) is 5.92 Å². The van der Waals surface area contributed by atoms with Gasteiger partial charge in [0.15, 0.2) is 5.13 Å². The van der Waals surface area contributed by atoms with E-state index in [2.05, 4.69) is 15.2 Å². The third-order valence-electron chi connectivity index (χ3n) is 6.99. The Hall–Kier alpha value is -2.46. The van der Waals surface area contributed by atoms with Crippen LogP contribution in [-0.4, -0.2) is 58.5 Å². The number of carboxylic acids is 1. The van der Waals surface area contributed by atoms with Crippen LogP contribution in [0.1, 0.15) is 57.8 Å². The van der Waals surface area contributed by atoms with Gasteiger partial charge in [-0.15, -0.1) is 11.8 Å². The lowest BCUT2D eigenvalue weighted by Crippen LogP contribution is -2.51. The molecule has 8 nitrogen and oxygen atoms in total. The number of anilines is 1. The van der Waals surface area contributed by atoms with Crippen LogP contribution in [0.15, 0.2) is 34.7 Å². The van der Waals surface area contributed by atoms with E-state index < -0.39 is 5.97 Å². The fraction of sp³-hybridized carbons (Fsp3) is 0.577. The molecule has 196 valence electrons. The van der Waals surface area contributed by atoms with Crippen LogP contribution in [0.4, 0.5) is 9.93 Å². The molecule has 2 aliphatic carbocycles. The Labute approximate surface area is 220 Å². The Balaban J connectivity index is 1.33. The minimum absolute atomic E-state index is 0.0187. The standard InChI is InChI=1S/C26H35N3O5S2/c1-33-21-11-13-22(14-12-21)34-16-18-7-9-20(10-8-18)29(19-5-3-2-4-6-19)26(32)28-25-27-15-24(36-25)35-17-23(30)31/h11-15,18-20H,2-10,16-17H2,1H3,(H,30,31)(H,27,28,32)/t18-,20-. The maximum atomic E-state index is 13.5. The zero-order chi connectivity index (χ0) is 25.3. The normalized spacial score (nSPS) is 20.5. The van der Waals surface area contributed by atoms with Crippen LogP contribution in [-0.2, 0) is 4.79 Å². The van der Waals surface area contributed by atoms with E-state index >= 15 is 0 Å². The number of hydrogen-bond acceptors (Lipinski definition) is 7. The van der Waals surface area contributed by atoms with E-state index in [0.717, 1.165) is 67.1 Å². The third-order valence-corrected chi connectivity index (χ3v) is 9.09. The predicted molar refractivity (Wildman–Crippen MR) is 142 cm³/mol. The van der Waals surface area contributed by atoms with Crippen molar-refractivity contribution in [3.05, 3.63) is 30.5 Å². The van der Waals surface area contributed by atoms with Gasteiger partial charge < -0.3 is 19.5 Å². The summed E-state index contributed by atoms with van der Waals surface area (Å²) >= 11 is 2.55. The molecule has 1 heterocycles. The number of carboxylic acid groups (broad SMARTS) is 1. The molecule has 2 N–H and O–H groups in total. The SMILES string of the molecule is COc1ccc(OC[C@H]2CC[C@H](N(C(=O)Nc3ncc(SCC(=O)O)s3)C3CCCCC3)CC2)cc1. The summed E-state index contributed by atoms with van der Waals surface area (Å²) in [5.74, 6) is 1.26. The molecule has 36 heavy (non-hydrogen) atoms. The second-order valence-electron chi connectivity index (χ2n) is 9.46. The molecular formula is C26H35N3O5S2. The molecule has 10 heteroatoms. The largest absolute Gasteiger partial charge is 0.497 e. The van der Waals surface area contributed by atoms with Crippen LogP contribution in [0.5, 0.6) is 11.5 Å². The quantitative estimate of drug-likeness (QED) is 0.354. The van der Waals surface area contributed by atoms with Crippen molar-refractivity contribution in [1.82, 2.24) is 9.88 Å². The first-order valence-corrected chi connectivity index (χ1v) is 14.5. The van der Waals surface area contributed by atoms with Gasteiger partial charge in [0, 0.05) is 12.1 Å². The van der Waals surface area contributed by atoms with Crippen LogP contribution < -0.4 is 14.8 Å². The number of carbonyl (C=O) groups is 2. The fourth-order valence-corrected chi connectivity index (χ4v) is 6.72. The van der Waals surface area contributed by atoms with Gasteiger partial charge in [-0.2, -0.15) is 0 Å².